The van der Waals surface area contributed by atoms with Gasteiger partial charge in [0.1, 0.15) is 0 Å². The monoisotopic (exact) mass is 264 g/mol. The minimum absolute atomic E-state index is 0.169. The van der Waals surface area contributed by atoms with E-state index in [9.17, 15) is 15.2 Å². The molecule has 1 aromatic rings. The maximum atomic E-state index is 10.9. The minimum Gasteiger partial charge on any atom is -0.393 e. The lowest BCUT2D eigenvalue weighted by Crippen LogP contribution is -2.28. The van der Waals surface area contributed by atoms with Crippen molar-refractivity contribution in [3.63, 3.8) is 0 Å². The number of anilines is 1. The molecule has 1 aromatic carbocycles. The van der Waals surface area contributed by atoms with Crippen LogP contribution >= 0.6 is 0 Å². The van der Waals surface area contributed by atoms with Crippen LogP contribution in [0.4, 0.5) is 11.4 Å². The first-order valence-electron chi connectivity index (χ1n) is 6.67. The number of benzene rings is 1. The number of aliphatic hydroxyl groups excluding tert-OH is 1. The highest BCUT2D eigenvalue weighted by Crippen LogP contribution is 2.28. The van der Waals surface area contributed by atoms with Crippen molar-refractivity contribution in [2.75, 3.05) is 5.32 Å². The van der Waals surface area contributed by atoms with Gasteiger partial charge in [-0.1, -0.05) is 0 Å². The summed E-state index contributed by atoms with van der Waals surface area (Å²) in [5.74, 6) is 0. The fourth-order valence-corrected chi connectivity index (χ4v) is 2.59. The molecule has 0 aromatic heterocycles. The van der Waals surface area contributed by atoms with Crippen molar-refractivity contribution in [1.29, 1.82) is 0 Å². The molecule has 5 heteroatoms. The highest BCUT2D eigenvalue weighted by molar-refractivity contribution is 5.59. The maximum Gasteiger partial charge on any atom is 0.272 e. The number of hydrogen-bond acceptors (Lipinski definition) is 4. The normalized spacial score (nSPS) is 23.1. The molecule has 1 saturated carbocycles. The van der Waals surface area contributed by atoms with Crippen molar-refractivity contribution in [3.8, 4) is 0 Å². The summed E-state index contributed by atoms with van der Waals surface area (Å²) in [7, 11) is 0. The molecule has 1 aliphatic rings. The predicted octanol–water partition coefficient (Wildman–Crippen LogP) is 2.93. The summed E-state index contributed by atoms with van der Waals surface area (Å²) >= 11 is 0. The summed E-state index contributed by atoms with van der Waals surface area (Å²) in [5.41, 5.74) is 2.70. The van der Waals surface area contributed by atoms with Crippen LogP contribution < -0.4 is 5.32 Å². The first-order valence-corrected chi connectivity index (χ1v) is 6.67. The lowest BCUT2D eigenvalue weighted by molar-refractivity contribution is -0.385. The number of hydrogen-bond donors (Lipinski definition) is 2. The number of aliphatic hydroxyl groups is 1. The Labute approximate surface area is 112 Å². The van der Waals surface area contributed by atoms with Crippen molar-refractivity contribution < 1.29 is 10.0 Å². The molecule has 0 radical (unpaired) electrons. The number of rotatable bonds is 3. The van der Waals surface area contributed by atoms with E-state index in [2.05, 4.69) is 5.32 Å². The summed E-state index contributed by atoms with van der Waals surface area (Å²) in [5, 5.41) is 23.8. The molecule has 0 aliphatic heterocycles. The zero-order chi connectivity index (χ0) is 14.0. The second-order valence-electron chi connectivity index (χ2n) is 5.36. The third-order valence-electron chi connectivity index (χ3n) is 3.80. The molecule has 2 rings (SSSR count). The predicted molar refractivity (Wildman–Crippen MR) is 74.5 cm³/mol. The quantitative estimate of drug-likeness (QED) is 0.650. The van der Waals surface area contributed by atoms with Gasteiger partial charge in [-0.2, -0.15) is 0 Å². The molecule has 19 heavy (non-hydrogen) atoms. The van der Waals surface area contributed by atoms with Gasteiger partial charge in [0.05, 0.1) is 11.0 Å². The molecule has 1 fully saturated rings. The Morgan fingerprint density at radius 3 is 2.42 bits per heavy atom. The molecule has 0 atom stereocenters. The van der Waals surface area contributed by atoms with Crippen LogP contribution in [-0.2, 0) is 0 Å². The largest absolute Gasteiger partial charge is 0.393 e. The van der Waals surface area contributed by atoms with Gasteiger partial charge in [0, 0.05) is 23.4 Å². The topological polar surface area (TPSA) is 75.4 Å². The molecule has 0 saturated heterocycles. The highest BCUT2D eigenvalue weighted by atomic mass is 16.6. The lowest BCUT2D eigenvalue weighted by Gasteiger charge is -2.27. The van der Waals surface area contributed by atoms with Crippen molar-refractivity contribution in [1.82, 2.24) is 0 Å². The van der Waals surface area contributed by atoms with Crippen molar-refractivity contribution in [2.24, 2.45) is 0 Å². The van der Waals surface area contributed by atoms with E-state index in [1.165, 1.54) is 0 Å². The van der Waals surface area contributed by atoms with Crippen LogP contribution in [0.1, 0.15) is 36.8 Å². The summed E-state index contributed by atoms with van der Waals surface area (Å²) in [6, 6.07) is 3.82. The average Bonchev–Trinajstić information content (AvgIpc) is 2.35. The SMILES string of the molecule is Cc1cc([N+](=O)[O-])c(C)cc1NC1CCC(O)CC1. The number of nitro groups is 1. The molecule has 0 heterocycles. The standard InChI is InChI=1S/C14H20N2O3/c1-9-8-14(16(18)19)10(2)7-13(9)15-11-3-5-12(17)6-4-11/h7-8,11-12,15,17H,3-6H2,1-2H3. The second-order valence-corrected chi connectivity index (χ2v) is 5.36. The molecule has 5 nitrogen and oxygen atoms in total. The first-order chi connectivity index (χ1) is 8.97. The fourth-order valence-electron chi connectivity index (χ4n) is 2.59. The Morgan fingerprint density at radius 2 is 1.84 bits per heavy atom. The van der Waals surface area contributed by atoms with Gasteiger partial charge < -0.3 is 10.4 Å². The first kappa shape index (κ1) is 13.8. The van der Waals surface area contributed by atoms with E-state index >= 15 is 0 Å². The Bertz CT molecular complexity index is 480. The lowest BCUT2D eigenvalue weighted by atomic mass is 9.92. The molecular weight excluding hydrogens is 244 g/mol. The van der Waals surface area contributed by atoms with E-state index in [0.29, 0.717) is 11.6 Å². The second kappa shape index (κ2) is 5.57. The van der Waals surface area contributed by atoms with Gasteiger partial charge in [0.25, 0.3) is 5.69 Å². The molecule has 0 amide bonds. The van der Waals surface area contributed by atoms with Crippen molar-refractivity contribution >= 4 is 11.4 Å². The van der Waals surface area contributed by atoms with Gasteiger partial charge in [-0.15, -0.1) is 0 Å². The average molecular weight is 264 g/mol. The van der Waals surface area contributed by atoms with E-state index in [0.717, 1.165) is 36.9 Å². The summed E-state index contributed by atoms with van der Waals surface area (Å²) in [6.45, 7) is 3.64. The van der Waals surface area contributed by atoms with Crippen LogP contribution in [0.15, 0.2) is 12.1 Å². The van der Waals surface area contributed by atoms with Crippen LogP contribution in [0, 0.1) is 24.0 Å². The maximum absolute atomic E-state index is 10.9. The molecule has 0 bridgehead atoms. The molecule has 2 N–H and O–H groups in total. The van der Waals surface area contributed by atoms with Gasteiger partial charge in [-0.05, 0) is 51.2 Å². The van der Waals surface area contributed by atoms with Gasteiger partial charge in [0.2, 0.25) is 0 Å². The number of aryl methyl sites for hydroxylation is 2. The summed E-state index contributed by atoms with van der Waals surface area (Å²) in [4.78, 5) is 10.5. The van der Waals surface area contributed by atoms with E-state index in [1.54, 1.807) is 13.0 Å². The van der Waals surface area contributed by atoms with E-state index in [-0.39, 0.29) is 16.7 Å². The third kappa shape index (κ3) is 3.23. The minimum atomic E-state index is -0.344. The van der Waals surface area contributed by atoms with Gasteiger partial charge >= 0.3 is 0 Å². The fraction of sp³-hybridized carbons (Fsp3) is 0.571. The van der Waals surface area contributed by atoms with Crippen molar-refractivity contribution in [3.05, 3.63) is 33.4 Å². The molecular formula is C14H20N2O3. The van der Waals surface area contributed by atoms with E-state index in [4.69, 9.17) is 0 Å². The molecule has 1 aliphatic carbocycles. The zero-order valence-corrected chi connectivity index (χ0v) is 11.3. The van der Waals surface area contributed by atoms with Crippen LogP contribution in [0.2, 0.25) is 0 Å². The van der Waals surface area contributed by atoms with Gasteiger partial charge in [0.15, 0.2) is 0 Å². The summed E-state index contributed by atoms with van der Waals surface area (Å²) < 4.78 is 0. The Balaban J connectivity index is 2.13. The van der Waals surface area contributed by atoms with Gasteiger partial charge in [-0.25, -0.2) is 0 Å². The van der Waals surface area contributed by atoms with Crippen LogP contribution in [0.3, 0.4) is 0 Å². The number of nitro benzene ring substituents is 1. The van der Waals surface area contributed by atoms with Gasteiger partial charge in [-0.3, -0.25) is 10.1 Å². The highest BCUT2D eigenvalue weighted by Gasteiger charge is 2.20. The van der Waals surface area contributed by atoms with Crippen LogP contribution in [0.5, 0.6) is 0 Å². The smallest absolute Gasteiger partial charge is 0.272 e. The Kier molecular flexibility index (Phi) is 4.04. The Hall–Kier alpha value is -1.62. The zero-order valence-electron chi connectivity index (χ0n) is 11.3. The molecule has 0 unspecified atom stereocenters. The van der Waals surface area contributed by atoms with Crippen LogP contribution in [0.25, 0.3) is 0 Å². The van der Waals surface area contributed by atoms with Crippen molar-refractivity contribution in [2.45, 2.75) is 51.7 Å². The third-order valence-corrected chi connectivity index (χ3v) is 3.80. The molecule has 0 spiro atoms. The number of nitrogens with zero attached hydrogens (tertiary/aromatic N) is 1. The van der Waals surface area contributed by atoms with E-state index < -0.39 is 0 Å². The number of nitrogens with one attached hydrogen (secondary N) is 1. The molecule has 104 valence electrons. The summed E-state index contributed by atoms with van der Waals surface area (Å²) in [6.07, 6.45) is 3.36. The van der Waals surface area contributed by atoms with E-state index in [1.807, 2.05) is 13.0 Å². The Morgan fingerprint density at radius 1 is 1.21 bits per heavy atom. The van der Waals surface area contributed by atoms with Crippen LogP contribution in [-0.4, -0.2) is 22.2 Å².